The number of benzene rings is 3. The average Bonchev–Trinajstić information content (AvgIpc) is 2.91. The number of carbonyl (C=O) groups is 2. The zero-order valence-electron chi connectivity index (χ0n) is 19.4. The molecule has 0 radical (unpaired) electrons. The van der Waals surface area contributed by atoms with Crippen LogP contribution in [-0.4, -0.2) is 42.6 Å². The summed E-state index contributed by atoms with van der Waals surface area (Å²) in [6.07, 6.45) is 0. The number of carbonyl (C=O) groups excluding carboxylic acids is 2. The molecule has 1 aromatic heterocycles. The zero-order valence-corrected chi connectivity index (χ0v) is 19.4. The van der Waals surface area contributed by atoms with Crippen molar-refractivity contribution in [2.24, 2.45) is 0 Å². The van der Waals surface area contributed by atoms with Crippen molar-refractivity contribution in [2.75, 3.05) is 26.1 Å². The van der Waals surface area contributed by atoms with E-state index in [9.17, 15) is 19.7 Å². The van der Waals surface area contributed by atoms with Crippen LogP contribution in [0.25, 0.3) is 22.2 Å². The van der Waals surface area contributed by atoms with Gasteiger partial charge < -0.3 is 19.5 Å². The minimum Gasteiger partial charge on any atom is -0.497 e. The number of nitrogens with zero attached hydrogens (tertiary/aromatic N) is 2. The standard InChI is InChI=1S/C26H21N3O7/c1-34-18-10-7-16(8-11-18)22-14-20(19-5-3-4-6-21(19)27-22)26(31)36-15-25(30)28-23-13-17(29(32)33)9-12-24(23)35-2/h3-14H,15H2,1-2H3,(H,28,30). The van der Waals surface area contributed by atoms with Gasteiger partial charge in [0.15, 0.2) is 6.61 Å². The molecule has 0 saturated carbocycles. The Kier molecular flexibility index (Phi) is 7.05. The lowest BCUT2D eigenvalue weighted by molar-refractivity contribution is -0.384. The van der Waals surface area contributed by atoms with E-state index in [1.54, 1.807) is 43.5 Å². The van der Waals surface area contributed by atoms with E-state index in [4.69, 9.17) is 14.2 Å². The van der Waals surface area contributed by atoms with Crippen LogP contribution in [0.5, 0.6) is 11.5 Å². The van der Waals surface area contributed by atoms with Gasteiger partial charge in [-0.05, 0) is 42.5 Å². The maximum atomic E-state index is 13.0. The molecule has 0 aliphatic carbocycles. The molecule has 10 nitrogen and oxygen atoms in total. The van der Waals surface area contributed by atoms with Crippen molar-refractivity contribution in [1.29, 1.82) is 0 Å². The summed E-state index contributed by atoms with van der Waals surface area (Å²) in [6, 6.07) is 19.7. The molecule has 4 aromatic rings. The summed E-state index contributed by atoms with van der Waals surface area (Å²) in [6.45, 7) is -0.612. The second-order valence-electron chi connectivity index (χ2n) is 7.57. The number of ether oxygens (including phenoxy) is 3. The molecule has 182 valence electrons. The Morgan fingerprint density at radius 3 is 2.42 bits per heavy atom. The van der Waals surface area contributed by atoms with Gasteiger partial charge in [-0.3, -0.25) is 14.9 Å². The third kappa shape index (κ3) is 5.22. The van der Waals surface area contributed by atoms with Crippen LogP contribution in [0, 0.1) is 10.1 Å². The van der Waals surface area contributed by atoms with Crippen molar-refractivity contribution in [3.8, 4) is 22.8 Å². The fourth-order valence-electron chi connectivity index (χ4n) is 3.56. The van der Waals surface area contributed by atoms with Crippen LogP contribution in [0.1, 0.15) is 10.4 Å². The largest absolute Gasteiger partial charge is 0.497 e. The molecule has 1 amide bonds. The van der Waals surface area contributed by atoms with Crippen molar-refractivity contribution in [1.82, 2.24) is 4.98 Å². The summed E-state index contributed by atoms with van der Waals surface area (Å²) < 4.78 is 15.6. The van der Waals surface area contributed by atoms with E-state index in [-0.39, 0.29) is 22.7 Å². The molecule has 1 N–H and O–H groups in total. The lowest BCUT2D eigenvalue weighted by Gasteiger charge is -2.12. The number of methoxy groups -OCH3 is 2. The van der Waals surface area contributed by atoms with Gasteiger partial charge in [-0.15, -0.1) is 0 Å². The van der Waals surface area contributed by atoms with Gasteiger partial charge in [-0.25, -0.2) is 9.78 Å². The monoisotopic (exact) mass is 487 g/mol. The number of hydrogen-bond donors (Lipinski definition) is 1. The summed E-state index contributed by atoms with van der Waals surface area (Å²) >= 11 is 0. The van der Waals surface area contributed by atoms with Crippen LogP contribution in [-0.2, 0) is 9.53 Å². The fraction of sp³-hybridized carbons (Fsp3) is 0.115. The second kappa shape index (κ2) is 10.5. The highest BCUT2D eigenvalue weighted by Gasteiger charge is 2.18. The van der Waals surface area contributed by atoms with Crippen molar-refractivity contribution in [2.45, 2.75) is 0 Å². The van der Waals surface area contributed by atoms with Crippen LogP contribution >= 0.6 is 0 Å². The Morgan fingerprint density at radius 1 is 0.972 bits per heavy atom. The van der Waals surface area contributed by atoms with E-state index in [2.05, 4.69) is 10.3 Å². The third-order valence-electron chi connectivity index (χ3n) is 5.32. The molecule has 0 atom stereocenters. The fourth-order valence-corrected chi connectivity index (χ4v) is 3.56. The smallest absolute Gasteiger partial charge is 0.339 e. The van der Waals surface area contributed by atoms with Gasteiger partial charge >= 0.3 is 5.97 Å². The molecular formula is C26H21N3O7. The van der Waals surface area contributed by atoms with Crippen molar-refractivity contribution in [3.05, 3.63) is 88.5 Å². The summed E-state index contributed by atoms with van der Waals surface area (Å²) in [5, 5.41) is 14.1. The molecular weight excluding hydrogens is 466 g/mol. The van der Waals surface area contributed by atoms with E-state index < -0.39 is 23.4 Å². The minimum absolute atomic E-state index is 0.0869. The minimum atomic E-state index is -0.718. The van der Waals surface area contributed by atoms with E-state index in [0.717, 1.165) is 11.6 Å². The first-order valence-corrected chi connectivity index (χ1v) is 10.7. The lowest BCUT2D eigenvalue weighted by atomic mass is 10.0. The Balaban J connectivity index is 1.55. The maximum Gasteiger partial charge on any atom is 0.339 e. The quantitative estimate of drug-likeness (QED) is 0.216. The molecule has 0 aliphatic heterocycles. The molecule has 1 heterocycles. The first kappa shape index (κ1) is 24.1. The number of non-ortho nitro benzene ring substituents is 1. The molecule has 0 saturated heterocycles. The first-order chi connectivity index (χ1) is 17.4. The highest BCUT2D eigenvalue weighted by atomic mass is 16.6. The highest BCUT2D eigenvalue weighted by molar-refractivity contribution is 6.05. The number of nitro benzene ring substituents is 1. The summed E-state index contributed by atoms with van der Waals surface area (Å²) in [5.41, 5.74) is 2.01. The lowest BCUT2D eigenvalue weighted by Crippen LogP contribution is -2.21. The third-order valence-corrected chi connectivity index (χ3v) is 5.32. The molecule has 36 heavy (non-hydrogen) atoms. The van der Waals surface area contributed by atoms with Gasteiger partial charge in [0.05, 0.1) is 41.6 Å². The number of nitro groups is 1. The van der Waals surface area contributed by atoms with Crippen LogP contribution in [0.2, 0.25) is 0 Å². The molecule has 4 rings (SSSR count). The number of esters is 1. The van der Waals surface area contributed by atoms with Crippen molar-refractivity contribution >= 4 is 34.2 Å². The van der Waals surface area contributed by atoms with Crippen LogP contribution in [0.3, 0.4) is 0 Å². The van der Waals surface area contributed by atoms with Crippen LogP contribution in [0.15, 0.2) is 72.8 Å². The Bertz CT molecular complexity index is 1450. The number of aromatic nitrogens is 1. The topological polar surface area (TPSA) is 130 Å². The second-order valence-corrected chi connectivity index (χ2v) is 7.57. The molecule has 0 aliphatic rings. The molecule has 0 bridgehead atoms. The summed E-state index contributed by atoms with van der Waals surface area (Å²) in [4.78, 5) is 40.6. The van der Waals surface area contributed by atoms with Gasteiger partial charge in [0, 0.05) is 23.1 Å². The Morgan fingerprint density at radius 2 is 1.72 bits per heavy atom. The zero-order chi connectivity index (χ0) is 25.7. The molecule has 0 spiro atoms. The number of fused-ring (bicyclic) bond motifs is 1. The van der Waals surface area contributed by atoms with E-state index in [0.29, 0.717) is 22.3 Å². The highest BCUT2D eigenvalue weighted by Crippen LogP contribution is 2.29. The SMILES string of the molecule is COc1ccc(-c2cc(C(=O)OCC(=O)Nc3cc([N+](=O)[O-])ccc3OC)c3ccccc3n2)cc1. The van der Waals surface area contributed by atoms with Gasteiger partial charge in [0.25, 0.3) is 11.6 Å². The van der Waals surface area contributed by atoms with Gasteiger partial charge in [0.1, 0.15) is 11.5 Å². The van der Waals surface area contributed by atoms with Crippen molar-refractivity contribution in [3.63, 3.8) is 0 Å². The van der Waals surface area contributed by atoms with E-state index in [1.165, 1.54) is 19.2 Å². The molecule has 0 unspecified atom stereocenters. The molecule has 3 aromatic carbocycles. The summed E-state index contributed by atoms with van der Waals surface area (Å²) in [5.74, 6) is -0.490. The number of anilines is 1. The number of rotatable bonds is 8. The number of amides is 1. The number of nitrogens with one attached hydrogen (secondary N) is 1. The molecule has 0 fully saturated rings. The van der Waals surface area contributed by atoms with Gasteiger partial charge in [-0.2, -0.15) is 0 Å². The predicted molar refractivity (Wildman–Crippen MR) is 132 cm³/mol. The number of pyridine rings is 1. The predicted octanol–water partition coefficient (Wildman–Crippen LogP) is 4.62. The van der Waals surface area contributed by atoms with Crippen LogP contribution in [0.4, 0.5) is 11.4 Å². The number of hydrogen-bond acceptors (Lipinski definition) is 8. The van der Waals surface area contributed by atoms with Crippen LogP contribution < -0.4 is 14.8 Å². The van der Waals surface area contributed by atoms with Gasteiger partial charge in [0.2, 0.25) is 0 Å². The summed E-state index contributed by atoms with van der Waals surface area (Å²) in [7, 11) is 2.94. The normalized spacial score (nSPS) is 10.5. The van der Waals surface area contributed by atoms with E-state index >= 15 is 0 Å². The number of para-hydroxylation sites is 1. The maximum absolute atomic E-state index is 13.0. The first-order valence-electron chi connectivity index (χ1n) is 10.7. The molecule has 10 heteroatoms. The Labute approximate surface area is 205 Å². The average molecular weight is 487 g/mol. The van der Waals surface area contributed by atoms with Gasteiger partial charge in [-0.1, -0.05) is 18.2 Å². The van der Waals surface area contributed by atoms with E-state index in [1.807, 2.05) is 18.2 Å². The van der Waals surface area contributed by atoms with Crippen molar-refractivity contribution < 1.29 is 28.7 Å². The Hall–Kier alpha value is -4.99.